The van der Waals surface area contributed by atoms with Crippen molar-refractivity contribution in [3.63, 3.8) is 0 Å². The Hall–Kier alpha value is -3.11. The molecule has 0 bridgehead atoms. The highest BCUT2D eigenvalue weighted by molar-refractivity contribution is 6.32. The van der Waals surface area contributed by atoms with Crippen LogP contribution < -0.4 is 21.1 Å². The molecule has 38 heavy (non-hydrogen) atoms. The van der Waals surface area contributed by atoms with Gasteiger partial charge in [-0.1, -0.05) is 30.9 Å². The van der Waals surface area contributed by atoms with Gasteiger partial charge in [0, 0.05) is 39.1 Å². The van der Waals surface area contributed by atoms with Crippen LogP contribution in [0, 0.1) is 0 Å². The molecule has 1 aromatic carbocycles. The number of nitrogens with zero attached hydrogens (tertiary/aromatic N) is 4. The number of primary amides is 1. The van der Waals surface area contributed by atoms with E-state index in [4.69, 9.17) is 22.1 Å². The Balaban J connectivity index is 1.54. The molecule has 0 unspecified atom stereocenters. The minimum atomic E-state index is -0.457. The highest BCUT2D eigenvalue weighted by Crippen LogP contribution is 2.37. The molecule has 1 saturated carbocycles. The van der Waals surface area contributed by atoms with E-state index in [-0.39, 0.29) is 18.2 Å². The fourth-order valence-electron chi connectivity index (χ4n) is 5.35. The smallest absolute Gasteiger partial charge is 0.236 e. The van der Waals surface area contributed by atoms with Gasteiger partial charge < -0.3 is 26.0 Å². The Morgan fingerprint density at radius 3 is 2.47 bits per heavy atom. The third-order valence-corrected chi connectivity index (χ3v) is 7.75. The molecule has 2 aliphatic rings. The molecular formula is C27H38ClN7O3. The number of rotatable bonds is 9. The fraction of sp³-hybridized carbons (Fsp3) is 0.556. The van der Waals surface area contributed by atoms with Crippen LogP contribution in [0.2, 0.25) is 5.02 Å². The summed E-state index contributed by atoms with van der Waals surface area (Å²) in [5.74, 6) is 1.29. The van der Waals surface area contributed by atoms with Crippen LogP contribution >= 0.6 is 11.6 Å². The maximum Gasteiger partial charge on any atom is 0.236 e. The lowest BCUT2D eigenvalue weighted by Crippen LogP contribution is -2.44. The molecule has 4 N–H and O–H groups in total. The van der Waals surface area contributed by atoms with E-state index in [9.17, 15) is 9.59 Å². The van der Waals surface area contributed by atoms with Crippen molar-refractivity contribution in [2.75, 3.05) is 51.5 Å². The minimum Gasteiger partial charge on any atom is -0.495 e. The lowest BCUT2D eigenvalue weighted by atomic mass is 9.79. The first-order valence-electron chi connectivity index (χ1n) is 13.2. The second-order valence-electron chi connectivity index (χ2n) is 10.5. The number of likely N-dealkylation sites (N-methyl/N-ethyl adjacent to an activating group) is 1. The van der Waals surface area contributed by atoms with Crippen molar-refractivity contribution < 1.29 is 14.3 Å². The number of carbonyl (C=O) groups excluding carboxylic acids is 2. The van der Waals surface area contributed by atoms with Gasteiger partial charge in [-0.25, -0.2) is 4.98 Å². The summed E-state index contributed by atoms with van der Waals surface area (Å²) in [7, 11) is 5.20. The van der Waals surface area contributed by atoms with Crippen molar-refractivity contribution in [3.05, 3.63) is 34.5 Å². The van der Waals surface area contributed by atoms with E-state index in [2.05, 4.69) is 31.6 Å². The standard InChI is InChI=1S/C27H38ClN7O3/c1-34(2)24(37)17-35-11-7-18-13-21(22(38-3)14-19(18)8-12-35)31-26-30-16-20(28)25(32-26)33-27(15-23(29)36)9-5-4-6-10-27/h13-14,16H,4-12,15,17H2,1-3H3,(H2,29,36)(H2,30,31,32,33). The molecule has 4 rings (SSSR count). The molecule has 1 aliphatic carbocycles. The van der Waals surface area contributed by atoms with Gasteiger partial charge in [0.15, 0.2) is 5.82 Å². The van der Waals surface area contributed by atoms with Gasteiger partial charge in [0.2, 0.25) is 17.8 Å². The number of carbonyl (C=O) groups is 2. The van der Waals surface area contributed by atoms with Gasteiger partial charge in [-0.05, 0) is 48.9 Å². The predicted octanol–water partition coefficient (Wildman–Crippen LogP) is 3.36. The van der Waals surface area contributed by atoms with E-state index in [1.165, 1.54) is 11.1 Å². The lowest BCUT2D eigenvalue weighted by Gasteiger charge is -2.38. The molecule has 1 aliphatic heterocycles. The zero-order valence-corrected chi connectivity index (χ0v) is 23.2. The van der Waals surface area contributed by atoms with Crippen LogP contribution in [0.25, 0.3) is 0 Å². The first-order valence-corrected chi connectivity index (χ1v) is 13.5. The Morgan fingerprint density at radius 1 is 1.16 bits per heavy atom. The molecule has 2 aromatic rings. The molecular weight excluding hydrogens is 506 g/mol. The van der Waals surface area contributed by atoms with E-state index < -0.39 is 5.54 Å². The first kappa shape index (κ1) is 27.9. The van der Waals surface area contributed by atoms with E-state index in [0.717, 1.165) is 63.7 Å². The zero-order chi connectivity index (χ0) is 27.3. The Morgan fingerprint density at radius 2 is 1.84 bits per heavy atom. The van der Waals surface area contributed by atoms with Gasteiger partial charge in [0.1, 0.15) is 10.8 Å². The molecule has 1 aromatic heterocycles. The number of fused-ring (bicyclic) bond motifs is 1. The van der Waals surface area contributed by atoms with Crippen molar-refractivity contribution in [2.45, 2.75) is 56.9 Å². The third-order valence-electron chi connectivity index (χ3n) is 7.47. The summed E-state index contributed by atoms with van der Waals surface area (Å²) in [4.78, 5) is 36.9. The summed E-state index contributed by atoms with van der Waals surface area (Å²) in [6.07, 6.45) is 8.25. The Labute approximate surface area is 229 Å². The van der Waals surface area contributed by atoms with E-state index in [1.54, 1.807) is 32.3 Å². The van der Waals surface area contributed by atoms with E-state index in [1.807, 2.05) is 6.07 Å². The van der Waals surface area contributed by atoms with Crippen molar-refractivity contribution >= 4 is 40.9 Å². The van der Waals surface area contributed by atoms with Crippen molar-refractivity contribution in [1.29, 1.82) is 0 Å². The maximum absolute atomic E-state index is 12.2. The monoisotopic (exact) mass is 543 g/mol. The van der Waals surface area contributed by atoms with Crippen molar-refractivity contribution in [2.24, 2.45) is 5.73 Å². The quantitative estimate of drug-likeness (QED) is 0.439. The van der Waals surface area contributed by atoms with Crippen LogP contribution in [-0.4, -0.2) is 78.0 Å². The normalized spacial score (nSPS) is 17.2. The average Bonchev–Trinajstić information content (AvgIpc) is 3.07. The highest BCUT2D eigenvalue weighted by Gasteiger charge is 2.34. The van der Waals surface area contributed by atoms with E-state index >= 15 is 0 Å². The lowest BCUT2D eigenvalue weighted by molar-refractivity contribution is -0.129. The number of benzene rings is 1. The number of ether oxygens (including phenoxy) is 1. The summed E-state index contributed by atoms with van der Waals surface area (Å²) in [6.45, 7) is 2.02. The number of aromatic nitrogens is 2. The topological polar surface area (TPSA) is 126 Å². The van der Waals surface area contributed by atoms with Gasteiger partial charge in [0.25, 0.3) is 0 Å². The predicted molar refractivity (Wildman–Crippen MR) is 149 cm³/mol. The van der Waals surface area contributed by atoms with Crippen LogP contribution in [-0.2, 0) is 22.4 Å². The molecule has 206 valence electrons. The van der Waals surface area contributed by atoms with Gasteiger partial charge in [0.05, 0.1) is 25.5 Å². The number of nitrogens with two attached hydrogens (primary N) is 1. The van der Waals surface area contributed by atoms with E-state index in [0.29, 0.717) is 29.1 Å². The van der Waals surface area contributed by atoms with Gasteiger partial charge >= 0.3 is 0 Å². The summed E-state index contributed by atoms with van der Waals surface area (Å²) < 4.78 is 5.70. The number of methoxy groups -OCH3 is 1. The summed E-state index contributed by atoms with van der Waals surface area (Å²) >= 11 is 6.47. The van der Waals surface area contributed by atoms with Crippen LogP contribution in [0.15, 0.2) is 18.3 Å². The molecule has 10 nitrogen and oxygen atoms in total. The van der Waals surface area contributed by atoms with Gasteiger partial charge in [-0.2, -0.15) is 4.98 Å². The second-order valence-corrected chi connectivity index (χ2v) is 10.9. The van der Waals surface area contributed by atoms with Crippen LogP contribution in [0.1, 0.15) is 49.7 Å². The molecule has 0 radical (unpaired) electrons. The average molecular weight is 544 g/mol. The third kappa shape index (κ3) is 6.85. The number of hydrogen-bond acceptors (Lipinski definition) is 8. The molecule has 2 heterocycles. The van der Waals surface area contributed by atoms with Crippen molar-refractivity contribution in [1.82, 2.24) is 19.8 Å². The number of amides is 2. The van der Waals surface area contributed by atoms with Gasteiger partial charge in [-0.3, -0.25) is 14.5 Å². The number of nitrogens with one attached hydrogen (secondary N) is 2. The molecule has 0 saturated heterocycles. The Bertz CT molecular complexity index is 1170. The molecule has 2 amide bonds. The number of halogens is 1. The summed E-state index contributed by atoms with van der Waals surface area (Å²) in [5, 5.41) is 7.12. The largest absolute Gasteiger partial charge is 0.495 e. The Kier molecular flexibility index (Phi) is 8.94. The maximum atomic E-state index is 12.2. The SMILES string of the molecule is COc1cc2c(cc1Nc1ncc(Cl)c(NC3(CC(N)=O)CCCCC3)n1)CCN(CC(=O)N(C)C)CC2. The summed E-state index contributed by atoms with van der Waals surface area (Å²) in [5.41, 5.74) is 8.28. The zero-order valence-electron chi connectivity index (χ0n) is 22.5. The number of hydrogen-bond donors (Lipinski definition) is 3. The fourth-order valence-corrected chi connectivity index (χ4v) is 5.49. The summed E-state index contributed by atoms with van der Waals surface area (Å²) in [6, 6.07) is 4.13. The number of anilines is 3. The molecule has 11 heteroatoms. The van der Waals surface area contributed by atoms with Gasteiger partial charge in [-0.15, -0.1) is 0 Å². The van der Waals surface area contributed by atoms with Crippen LogP contribution in [0.5, 0.6) is 5.75 Å². The first-order chi connectivity index (χ1) is 18.2. The molecule has 1 fully saturated rings. The molecule has 0 spiro atoms. The minimum absolute atomic E-state index is 0.103. The van der Waals surface area contributed by atoms with Crippen LogP contribution in [0.4, 0.5) is 17.5 Å². The van der Waals surface area contributed by atoms with Crippen LogP contribution in [0.3, 0.4) is 0 Å². The highest BCUT2D eigenvalue weighted by atomic mass is 35.5. The second kappa shape index (κ2) is 12.2. The molecule has 0 atom stereocenters. The van der Waals surface area contributed by atoms with Crippen molar-refractivity contribution in [3.8, 4) is 5.75 Å².